The van der Waals surface area contributed by atoms with Crippen LogP contribution in [-0.2, 0) is 11.2 Å². The zero-order valence-corrected chi connectivity index (χ0v) is 13.9. The average Bonchev–Trinajstić information content (AvgIpc) is 3.07. The molecule has 2 aromatic carbocycles. The van der Waals surface area contributed by atoms with Gasteiger partial charge in [-0.2, -0.15) is 5.10 Å². The predicted octanol–water partition coefficient (Wildman–Crippen LogP) is 2.91. The average molecular weight is 353 g/mol. The van der Waals surface area contributed by atoms with Crippen LogP contribution in [0.15, 0.2) is 59.0 Å². The summed E-state index contributed by atoms with van der Waals surface area (Å²) in [6, 6.07) is 14.0. The molecule has 1 aromatic heterocycles. The van der Waals surface area contributed by atoms with Gasteiger partial charge in [-0.3, -0.25) is 4.79 Å². The van der Waals surface area contributed by atoms with Crippen LogP contribution in [0.1, 0.15) is 10.6 Å². The van der Waals surface area contributed by atoms with Gasteiger partial charge in [-0.1, -0.05) is 30.3 Å². The number of hydrogen-bond acceptors (Lipinski definition) is 6. The molecule has 0 spiro atoms. The third kappa shape index (κ3) is 4.42. The van der Waals surface area contributed by atoms with Crippen molar-refractivity contribution >= 4 is 23.5 Å². The first-order valence-electron chi connectivity index (χ1n) is 7.45. The number of phenols is 2. The van der Waals surface area contributed by atoms with E-state index in [2.05, 4.69) is 15.5 Å². The molecular weight excluding hydrogens is 338 g/mol. The van der Waals surface area contributed by atoms with E-state index < -0.39 is 0 Å². The second-order valence-corrected chi connectivity index (χ2v) is 6.15. The Morgan fingerprint density at radius 2 is 1.96 bits per heavy atom. The lowest BCUT2D eigenvalue weighted by Gasteiger charge is -1.99. The molecule has 126 valence electrons. The molecule has 7 heteroatoms. The van der Waals surface area contributed by atoms with E-state index in [9.17, 15) is 15.0 Å². The van der Waals surface area contributed by atoms with Crippen LogP contribution in [0, 0.1) is 0 Å². The minimum absolute atomic E-state index is 0.135. The molecule has 0 radical (unpaired) electrons. The minimum atomic E-state index is -0.284. The number of thiazole rings is 1. The maximum Gasteiger partial charge on any atom is 0.246 e. The van der Waals surface area contributed by atoms with E-state index in [0.717, 1.165) is 11.3 Å². The molecule has 0 saturated carbocycles. The Balaban J connectivity index is 1.57. The smallest absolute Gasteiger partial charge is 0.246 e. The highest BCUT2D eigenvalue weighted by Crippen LogP contribution is 2.24. The van der Waals surface area contributed by atoms with E-state index in [4.69, 9.17) is 0 Å². The number of hydrazone groups is 1. The maximum atomic E-state index is 11.9. The molecule has 3 rings (SSSR count). The van der Waals surface area contributed by atoms with E-state index in [1.165, 1.54) is 29.7 Å². The number of benzene rings is 2. The number of phenolic OH excluding ortho intramolecular Hbond substituents is 2. The monoisotopic (exact) mass is 353 g/mol. The number of hydrogen-bond donors (Lipinski definition) is 3. The first-order chi connectivity index (χ1) is 12.1. The van der Waals surface area contributed by atoms with Crippen molar-refractivity contribution < 1.29 is 15.0 Å². The standard InChI is InChI=1S/C18H15N3O3S/c22-15-7-6-12(8-16(15)23)10-19-21-17(24)9-18-20-14(11-25-18)13-4-2-1-3-5-13/h1-8,10-11,22-23H,9H2,(H,21,24)/b19-10+. The third-order valence-electron chi connectivity index (χ3n) is 3.34. The van der Waals surface area contributed by atoms with Crippen molar-refractivity contribution in [2.75, 3.05) is 0 Å². The maximum absolute atomic E-state index is 11.9. The first kappa shape index (κ1) is 16.7. The summed E-state index contributed by atoms with van der Waals surface area (Å²) in [6.07, 6.45) is 1.52. The molecule has 6 nitrogen and oxygen atoms in total. The molecule has 0 saturated heterocycles. The number of aromatic nitrogens is 1. The second kappa shape index (κ2) is 7.59. The van der Waals surface area contributed by atoms with Gasteiger partial charge in [-0.05, 0) is 23.8 Å². The van der Waals surface area contributed by atoms with Crippen LogP contribution in [0.2, 0.25) is 0 Å². The summed E-state index contributed by atoms with van der Waals surface area (Å²) in [7, 11) is 0. The van der Waals surface area contributed by atoms with Gasteiger partial charge in [0.2, 0.25) is 5.91 Å². The molecule has 0 aliphatic rings. The first-order valence-corrected chi connectivity index (χ1v) is 8.33. The number of carbonyl (C=O) groups is 1. The van der Waals surface area contributed by atoms with Crippen molar-refractivity contribution in [1.29, 1.82) is 0 Å². The lowest BCUT2D eigenvalue weighted by atomic mass is 10.2. The SMILES string of the molecule is O=C(Cc1nc(-c2ccccc2)cs1)N/N=C/c1ccc(O)c(O)c1. The number of amides is 1. The van der Waals surface area contributed by atoms with Crippen LogP contribution in [0.3, 0.4) is 0 Å². The second-order valence-electron chi connectivity index (χ2n) is 5.21. The van der Waals surface area contributed by atoms with Crippen LogP contribution >= 0.6 is 11.3 Å². The van der Waals surface area contributed by atoms with Gasteiger partial charge in [-0.15, -0.1) is 11.3 Å². The molecule has 1 amide bonds. The molecule has 0 aliphatic carbocycles. The normalized spacial score (nSPS) is 10.9. The van der Waals surface area contributed by atoms with Crippen LogP contribution in [0.4, 0.5) is 0 Å². The summed E-state index contributed by atoms with van der Waals surface area (Å²) < 4.78 is 0. The fourth-order valence-corrected chi connectivity index (χ4v) is 2.91. The molecule has 1 heterocycles. The Labute approximate surface area is 148 Å². The van der Waals surface area contributed by atoms with Gasteiger partial charge in [0.1, 0.15) is 5.01 Å². The van der Waals surface area contributed by atoms with Crippen LogP contribution < -0.4 is 5.43 Å². The molecular formula is C18H15N3O3S. The summed E-state index contributed by atoms with van der Waals surface area (Å²) in [6.45, 7) is 0. The summed E-state index contributed by atoms with van der Waals surface area (Å²) in [5.41, 5.74) is 4.82. The number of nitrogens with one attached hydrogen (secondary N) is 1. The Bertz CT molecular complexity index is 907. The van der Waals surface area contributed by atoms with Crippen molar-refractivity contribution in [3.05, 3.63) is 64.5 Å². The van der Waals surface area contributed by atoms with Crippen molar-refractivity contribution in [1.82, 2.24) is 10.4 Å². The van der Waals surface area contributed by atoms with Crippen molar-refractivity contribution in [3.8, 4) is 22.8 Å². The summed E-state index contributed by atoms with van der Waals surface area (Å²) in [5.74, 6) is -0.737. The zero-order valence-electron chi connectivity index (χ0n) is 13.1. The van der Waals surface area contributed by atoms with Gasteiger partial charge < -0.3 is 10.2 Å². The van der Waals surface area contributed by atoms with Gasteiger partial charge in [0.15, 0.2) is 11.5 Å². The summed E-state index contributed by atoms with van der Waals surface area (Å²) >= 11 is 1.42. The van der Waals surface area contributed by atoms with Crippen molar-refractivity contribution in [2.24, 2.45) is 5.10 Å². The van der Waals surface area contributed by atoms with E-state index >= 15 is 0 Å². The highest BCUT2D eigenvalue weighted by atomic mass is 32.1. The number of carbonyl (C=O) groups excluding carboxylic acids is 1. The fourth-order valence-electron chi connectivity index (χ4n) is 2.11. The molecule has 0 atom stereocenters. The Morgan fingerprint density at radius 3 is 2.72 bits per heavy atom. The molecule has 3 aromatic rings. The quantitative estimate of drug-likeness (QED) is 0.373. The van der Waals surface area contributed by atoms with Gasteiger partial charge in [0.25, 0.3) is 0 Å². The van der Waals surface area contributed by atoms with Gasteiger partial charge in [0, 0.05) is 10.9 Å². The van der Waals surface area contributed by atoms with E-state index in [0.29, 0.717) is 10.6 Å². The van der Waals surface area contributed by atoms with E-state index in [-0.39, 0.29) is 23.8 Å². The fraction of sp³-hybridized carbons (Fsp3) is 0.0556. The molecule has 0 unspecified atom stereocenters. The van der Waals surface area contributed by atoms with E-state index in [1.54, 1.807) is 6.07 Å². The van der Waals surface area contributed by atoms with Crippen molar-refractivity contribution in [3.63, 3.8) is 0 Å². The zero-order chi connectivity index (χ0) is 17.6. The lowest BCUT2D eigenvalue weighted by Crippen LogP contribution is -2.19. The third-order valence-corrected chi connectivity index (χ3v) is 4.18. The molecule has 0 bridgehead atoms. The van der Waals surface area contributed by atoms with Crippen LogP contribution in [-0.4, -0.2) is 27.3 Å². The molecule has 0 fully saturated rings. The largest absolute Gasteiger partial charge is 0.504 e. The topological polar surface area (TPSA) is 94.8 Å². The predicted molar refractivity (Wildman–Crippen MR) is 96.8 cm³/mol. The minimum Gasteiger partial charge on any atom is -0.504 e. The summed E-state index contributed by atoms with van der Waals surface area (Å²) in [4.78, 5) is 16.4. The number of aromatic hydroxyl groups is 2. The van der Waals surface area contributed by atoms with Gasteiger partial charge in [-0.25, -0.2) is 10.4 Å². The lowest BCUT2D eigenvalue weighted by molar-refractivity contribution is -0.120. The highest BCUT2D eigenvalue weighted by Gasteiger charge is 2.08. The number of nitrogens with zero attached hydrogens (tertiary/aromatic N) is 2. The Morgan fingerprint density at radius 1 is 1.16 bits per heavy atom. The highest BCUT2D eigenvalue weighted by molar-refractivity contribution is 7.10. The Kier molecular flexibility index (Phi) is 5.06. The van der Waals surface area contributed by atoms with E-state index in [1.807, 2.05) is 35.7 Å². The van der Waals surface area contributed by atoms with Gasteiger partial charge in [0.05, 0.1) is 18.3 Å². The van der Waals surface area contributed by atoms with Crippen LogP contribution in [0.5, 0.6) is 11.5 Å². The molecule has 25 heavy (non-hydrogen) atoms. The Hall–Kier alpha value is -3.19. The molecule has 0 aliphatic heterocycles. The van der Waals surface area contributed by atoms with Gasteiger partial charge >= 0.3 is 0 Å². The number of rotatable bonds is 5. The van der Waals surface area contributed by atoms with Crippen LogP contribution in [0.25, 0.3) is 11.3 Å². The molecule has 3 N–H and O–H groups in total. The summed E-state index contributed by atoms with van der Waals surface area (Å²) in [5, 5.41) is 25.1. The van der Waals surface area contributed by atoms with Crippen molar-refractivity contribution in [2.45, 2.75) is 6.42 Å².